The third-order valence-corrected chi connectivity index (χ3v) is 3.47. The van der Waals surface area contributed by atoms with Crippen molar-refractivity contribution >= 4 is 44.7 Å². The molecule has 1 aromatic heterocycles. The fraction of sp³-hybridized carbons (Fsp3) is 0. The number of aromatic nitrogens is 1. The van der Waals surface area contributed by atoms with Crippen molar-refractivity contribution < 1.29 is 4.48 Å². The van der Waals surface area contributed by atoms with Crippen LogP contribution in [0, 0.1) is 0 Å². The summed E-state index contributed by atoms with van der Waals surface area (Å²) >= 11 is 6.96. The van der Waals surface area contributed by atoms with Crippen LogP contribution in [0.1, 0.15) is 0 Å². The van der Waals surface area contributed by atoms with Crippen LogP contribution in [0.4, 0.5) is 0 Å². The van der Waals surface area contributed by atoms with Crippen molar-refractivity contribution in [1.29, 1.82) is 0 Å². The van der Waals surface area contributed by atoms with Gasteiger partial charge in [0.25, 0.3) is 0 Å². The van der Waals surface area contributed by atoms with E-state index in [0.29, 0.717) is 0 Å². The lowest BCUT2D eigenvalue weighted by molar-refractivity contribution is -0.512. The molecule has 4 heteroatoms. The van der Waals surface area contributed by atoms with Crippen molar-refractivity contribution in [1.82, 2.24) is 0 Å². The van der Waals surface area contributed by atoms with Crippen molar-refractivity contribution in [2.45, 2.75) is 0 Å². The molecule has 0 atom stereocenters. The van der Waals surface area contributed by atoms with Gasteiger partial charge >= 0.3 is 0 Å². The largest absolute Gasteiger partial charge is 0.466 e. The fourth-order valence-electron chi connectivity index (χ4n) is 1.85. The van der Waals surface area contributed by atoms with Gasteiger partial charge in [-0.05, 0) is 28.1 Å². The number of halogens is 2. The summed E-state index contributed by atoms with van der Waals surface area (Å²) in [7, 11) is 2.14. The molecular formula is C11H6BBr2N. The van der Waals surface area contributed by atoms with Gasteiger partial charge in [0.15, 0.2) is 5.69 Å². The van der Waals surface area contributed by atoms with Gasteiger partial charge in [0.05, 0.1) is 4.47 Å². The lowest BCUT2D eigenvalue weighted by atomic mass is 9.83. The zero-order valence-electron chi connectivity index (χ0n) is 7.74. The number of pyridine rings is 1. The van der Waals surface area contributed by atoms with Gasteiger partial charge in [-0.1, -0.05) is 28.1 Å². The summed E-state index contributed by atoms with van der Waals surface area (Å²) in [4.78, 5) is 0. The summed E-state index contributed by atoms with van der Waals surface area (Å²) in [6, 6.07) is 10.5. The molecule has 0 amide bonds. The van der Waals surface area contributed by atoms with Crippen molar-refractivity contribution in [3.63, 3.8) is 0 Å². The van der Waals surface area contributed by atoms with E-state index in [4.69, 9.17) is 0 Å². The van der Waals surface area contributed by atoms with Crippen LogP contribution in [0.25, 0.3) is 11.3 Å². The summed E-state index contributed by atoms with van der Waals surface area (Å²) in [5.41, 5.74) is 3.77. The average Bonchev–Trinajstić information content (AvgIpc) is 2.53. The van der Waals surface area contributed by atoms with Gasteiger partial charge in [0.1, 0.15) is 13.6 Å². The van der Waals surface area contributed by atoms with E-state index in [2.05, 4.69) is 80.3 Å². The second-order valence-electron chi connectivity index (χ2n) is 3.50. The Morgan fingerprint density at radius 3 is 2.67 bits per heavy atom. The second-order valence-corrected chi connectivity index (χ2v) is 5.33. The Morgan fingerprint density at radius 2 is 1.80 bits per heavy atom. The predicted molar refractivity (Wildman–Crippen MR) is 68.3 cm³/mol. The molecule has 1 aliphatic rings. The summed E-state index contributed by atoms with van der Waals surface area (Å²) in [5, 5.41) is 0. The first-order valence-electron chi connectivity index (χ1n) is 4.59. The first-order chi connectivity index (χ1) is 7.24. The van der Waals surface area contributed by atoms with Gasteiger partial charge < -0.3 is 4.48 Å². The molecular weight excluding hydrogens is 317 g/mol. The molecule has 0 aliphatic carbocycles. The van der Waals surface area contributed by atoms with Crippen LogP contribution in [0.2, 0.25) is 0 Å². The summed E-state index contributed by atoms with van der Waals surface area (Å²) in [5.74, 6) is 0. The minimum Gasteiger partial charge on any atom is -0.466 e. The molecule has 3 rings (SSSR count). The number of nitrogens with zero attached hydrogens (tertiary/aromatic N) is 1. The van der Waals surface area contributed by atoms with E-state index < -0.39 is 0 Å². The van der Waals surface area contributed by atoms with Crippen LogP contribution in [0.3, 0.4) is 0 Å². The van der Waals surface area contributed by atoms with E-state index in [1.807, 2.05) is 0 Å². The van der Waals surface area contributed by atoms with Gasteiger partial charge in [-0.15, -0.1) is 0 Å². The Balaban J connectivity index is 2.24. The number of rotatable bonds is 0. The monoisotopic (exact) mass is 321 g/mol. The zero-order valence-corrected chi connectivity index (χ0v) is 10.9. The Morgan fingerprint density at radius 1 is 1.00 bits per heavy atom. The minimum atomic E-state index is 1.09. The highest BCUT2D eigenvalue weighted by atomic mass is 79.9. The predicted octanol–water partition coefficient (Wildman–Crippen LogP) is 2.27. The van der Waals surface area contributed by atoms with Crippen molar-refractivity contribution in [2.24, 2.45) is 0 Å². The SMILES string of the molecule is Brc1ccc2c(c1)[B-][n+]1cc(Br)ccc1-2. The lowest BCUT2D eigenvalue weighted by Gasteiger charge is -2.03. The van der Waals surface area contributed by atoms with Crippen LogP contribution >= 0.6 is 31.9 Å². The molecule has 0 saturated heterocycles. The maximum atomic E-state index is 3.49. The van der Waals surface area contributed by atoms with Gasteiger partial charge in [-0.3, -0.25) is 0 Å². The molecule has 1 aliphatic heterocycles. The molecule has 15 heavy (non-hydrogen) atoms. The average molecular weight is 323 g/mol. The van der Waals surface area contributed by atoms with Gasteiger partial charge in [-0.2, -0.15) is 5.46 Å². The molecule has 72 valence electrons. The maximum absolute atomic E-state index is 3.49. The van der Waals surface area contributed by atoms with E-state index in [0.717, 1.165) is 8.95 Å². The second kappa shape index (κ2) is 3.46. The Labute approximate surface area is 106 Å². The molecule has 2 radical (unpaired) electrons. The molecule has 1 nitrogen and oxygen atoms in total. The fourth-order valence-corrected chi connectivity index (χ4v) is 2.58. The summed E-state index contributed by atoms with van der Waals surface area (Å²) in [6.07, 6.45) is 2.07. The highest BCUT2D eigenvalue weighted by Crippen LogP contribution is 2.21. The molecule has 0 spiro atoms. The van der Waals surface area contributed by atoms with E-state index in [1.165, 1.54) is 16.7 Å². The number of hydrogen-bond donors (Lipinski definition) is 0. The van der Waals surface area contributed by atoms with Crippen LogP contribution in [-0.2, 0) is 0 Å². The Kier molecular flexibility index (Phi) is 2.22. The van der Waals surface area contributed by atoms with Gasteiger partial charge in [-0.25, -0.2) is 0 Å². The zero-order chi connectivity index (χ0) is 10.4. The highest BCUT2D eigenvalue weighted by molar-refractivity contribution is 9.10. The third-order valence-electron chi connectivity index (χ3n) is 2.51. The van der Waals surface area contributed by atoms with Crippen LogP contribution in [-0.4, -0.2) is 7.41 Å². The normalized spacial score (nSPS) is 12.4. The molecule has 0 bridgehead atoms. The summed E-state index contributed by atoms with van der Waals surface area (Å²) < 4.78 is 4.35. The highest BCUT2D eigenvalue weighted by Gasteiger charge is 2.16. The van der Waals surface area contributed by atoms with Gasteiger partial charge in [0.2, 0.25) is 0 Å². The van der Waals surface area contributed by atoms with Crippen molar-refractivity contribution in [3.8, 4) is 11.3 Å². The first kappa shape index (κ1) is 9.61. The molecule has 0 fully saturated rings. The van der Waals surface area contributed by atoms with Crippen LogP contribution in [0.5, 0.6) is 0 Å². The third kappa shape index (κ3) is 1.56. The topological polar surface area (TPSA) is 3.88 Å². The molecule has 1 aromatic carbocycles. The molecule has 2 aromatic rings. The molecule has 0 saturated carbocycles. The van der Waals surface area contributed by atoms with Gasteiger partial charge in [0, 0.05) is 16.1 Å². The Hall–Kier alpha value is -0.605. The quantitative estimate of drug-likeness (QED) is 0.559. The number of benzene rings is 1. The van der Waals surface area contributed by atoms with Crippen LogP contribution in [0.15, 0.2) is 45.5 Å². The van der Waals surface area contributed by atoms with Crippen molar-refractivity contribution in [3.05, 3.63) is 45.5 Å². The molecule has 0 N–H and O–H groups in total. The van der Waals surface area contributed by atoms with E-state index in [1.54, 1.807) is 0 Å². The van der Waals surface area contributed by atoms with E-state index >= 15 is 0 Å². The Bertz CT molecular complexity index is 505. The molecule has 0 unspecified atom stereocenters. The van der Waals surface area contributed by atoms with Crippen molar-refractivity contribution in [2.75, 3.05) is 0 Å². The standard InChI is InChI=1S/C11H6BBr2N/c13-7-1-3-9-10(5-7)12-15-6-8(14)2-4-11(9)15/h1-6H. The smallest absolute Gasteiger partial charge is 0.152 e. The van der Waals surface area contributed by atoms with E-state index in [-0.39, 0.29) is 0 Å². The number of hydrogen-bond acceptors (Lipinski definition) is 0. The number of fused-ring (bicyclic) bond motifs is 3. The minimum absolute atomic E-state index is 1.09. The summed E-state index contributed by atoms with van der Waals surface area (Å²) in [6.45, 7) is 0. The lowest BCUT2D eigenvalue weighted by Crippen LogP contribution is -2.42. The molecule has 2 heterocycles. The maximum Gasteiger partial charge on any atom is 0.152 e. The van der Waals surface area contributed by atoms with E-state index in [9.17, 15) is 0 Å². The first-order valence-corrected chi connectivity index (χ1v) is 6.18. The van der Waals surface area contributed by atoms with Crippen LogP contribution < -0.4 is 9.94 Å².